The van der Waals surface area contributed by atoms with Crippen molar-refractivity contribution in [3.8, 4) is 11.5 Å². The molecule has 1 aromatic rings. The van der Waals surface area contributed by atoms with Crippen molar-refractivity contribution in [1.82, 2.24) is 5.32 Å². The molecule has 0 aromatic heterocycles. The van der Waals surface area contributed by atoms with Crippen LogP contribution in [0.2, 0.25) is 5.02 Å². The number of halogens is 1. The number of benzene rings is 1. The van der Waals surface area contributed by atoms with E-state index in [-0.39, 0.29) is 0 Å². The van der Waals surface area contributed by atoms with Crippen molar-refractivity contribution in [1.29, 1.82) is 0 Å². The van der Waals surface area contributed by atoms with Crippen molar-refractivity contribution in [2.24, 2.45) is 0 Å². The van der Waals surface area contributed by atoms with E-state index in [0.717, 1.165) is 42.9 Å². The SMILES string of the molecule is CNCCc1cc(Cl)cc(OC)c1OC1CCC1. The minimum Gasteiger partial charge on any atom is -0.493 e. The van der Waals surface area contributed by atoms with Gasteiger partial charge >= 0.3 is 0 Å². The molecule has 0 amide bonds. The molecular formula is C14H20ClNO2. The van der Waals surface area contributed by atoms with Crippen LogP contribution in [0.1, 0.15) is 24.8 Å². The first kappa shape index (κ1) is 13.5. The molecule has 4 heteroatoms. The third-order valence-corrected chi connectivity index (χ3v) is 3.52. The van der Waals surface area contributed by atoms with Gasteiger partial charge in [0.2, 0.25) is 0 Å². The summed E-state index contributed by atoms with van der Waals surface area (Å²) in [5, 5.41) is 3.84. The van der Waals surface area contributed by atoms with E-state index in [2.05, 4.69) is 5.32 Å². The van der Waals surface area contributed by atoms with Crippen LogP contribution in [-0.2, 0) is 6.42 Å². The summed E-state index contributed by atoms with van der Waals surface area (Å²) in [6.45, 7) is 0.893. The lowest BCUT2D eigenvalue weighted by atomic mass is 9.96. The van der Waals surface area contributed by atoms with E-state index >= 15 is 0 Å². The van der Waals surface area contributed by atoms with E-state index < -0.39 is 0 Å². The van der Waals surface area contributed by atoms with E-state index in [1.54, 1.807) is 7.11 Å². The fourth-order valence-corrected chi connectivity index (χ4v) is 2.24. The highest BCUT2D eigenvalue weighted by molar-refractivity contribution is 6.30. The molecule has 100 valence electrons. The molecule has 1 aromatic carbocycles. The van der Waals surface area contributed by atoms with E-state index in [4.69, 9.17) is 21.1 Å². The molecule has 1 fully saturated rings. The van der Waals surface area contributed by atoms with E-state index in [1.807, 2.05) is 19.2 Å². The molecule has 18 heavy (non-hydrogen) atoms. The molecule has 1 aliphatic rings. The summed E-state index contributed by atoms with van der Waals surface area (Å²) in [6, 6.07) is 3.79. The van der Waals surface area contributed by atoms with Crippen molar-refractivity contribution < 1.29 is 9.47 Å². The highest BCUT2D eigenvalue weighted by Gasteiger charge is 2.22. The second-order valence-corrected chi connectivity index (χ2v) is 5.06. The van der Waals surface area contributed by atoms with Gasteiger partial charge in [0.05, 0.1) is 13.2 Å². The summed E-state index contributed by atoms with van der Waals surface area (Å²) in [4.78, 5) is 0. The monoisotopic (exact) mass is 269 g/mol. The van der Waals surface area contributed by atoms with Gasteiger partial charge in [0, 0.05) is 16.7 Å². The van der Waals surface area contributed by atoms with Gasteiger partial charge in [-0.2, -0.15) is 0 Å². The molecule has 0 heterocycles. The lowest BCUT2D eigenvalue weighted by Crippen LogP contribution is -2.25. The number of rotatable bonds is 6. The van der Waals surface area contributed by atoms with Gasteiger partial charge in [-0.15, -0.1) is 0 Å². The van der Waals surface area contributed by atoms with Crippen LogP contribution in [0.25, 0.3) is 0 Å². The number of nitrogens with one attached hydrogen (secondary N) is 1. The highest BCUT2D eigenvalue weighted by atomic mass is 35.5. The molecule has 0 spiro atoms. The van der Waals surface area contributed by atoms with Crippen LogP contribution in [0, 0.1) is 0 Å². The van der Waals surface area contributed by atoms with Gasteiger partial charge in [0.1, 0.15) is 0 Å². The predicted octanol–water partition coefficient (Wildman–Crippen LogP) is 3.04. The van der Waals surface area contributed by atoms with Gasteiger partial charge in [-0.05, 0) is 45.3 Å². The number of methoxy groups -OCH3 is 1. The first-order chi connectivity index (χ1) is 8.74. The molecule has 0 atom stereocenters. The number of hydrogen-bond acceptors (Lipinski definition) is 3. The van der Waals surface area contributed by atoms with Crippen molar-refractivity contribution in [2.75, 3.05) is 20.7 Å². The molecule has 0 radical (unpaired) electrons. The Morgan fingerprint density at radius 3 is 2.72 bits per heavy atom. The van der Waals surface area contributed by atoms with Crippen LogP contribution in [0.5, 0.6) is 11.5 Å². The fraction of sp³-hybridized carbons (Fsp3) is 0.571. The van der Waals surface area contributed by atoms with Gasteiger partial charge in [0.25, 0.3) is 0 Å². The molecule has 0 saturated heterocycles. The molecule has 1 aliphatic carbocycles. The maximum absolute atomic E-state index is 6.11. The van der Waals surface area contributed by atoms with Crippen LogP contribution in [0.4, 0.5) is 0 Å². The molecule has 1 saturated carbocycles. The zero-order chi connectivity index (χ0) is 13.0. The summed E-state index contributed by atoms with van der Waals surface area (Å²) in [6.07, 6.45) is 4.75. The summed E-state index contributed by atoms with van der Waals surface area (Å²) in [5.41, 5.74) is 1.11. The molecule has 3 nitrogen and oxygen atoms in total. The van der Waals surface area contributed by atoms with Crippen molar-refractivity contribution in [3.05, 3.63) is 22.7 Å². The minimum absolute atomic E-state index is 0.341. The lowest BCUT2D eigenvalue weighted by Gasteiger charge is -2.28. The maximum Gasteiger partial charge on any atom is 0.164 e. The molecule has 1 N–H and O–H groups in total. The topological polar surface area (TPSA) is 30.5 Å². The number of hydrogen-bond donors (Lipinski definition) is 1. The Balaban J connectivity index is 2.24. The van der Waals surface area contributed by atoms with Gasteiger partial charge in [-0.1, -0.05) is 11.6 Å². The molecule has 0 bridgehead atoms. The quantitative estimate of drug-likeness (QED) is 0.861. The normalized spacial score (nSPS) is 15.3. The summed E-state index contributed by atoms with van der Waals surface area (Å²) >= 11 is 6.11. The van der Waals surface area contributed by atoms with Gasteiger partial charge in [-0.25, -0.2) is 0 Å². The van der Waals surface area contributed by atoms with Crippen LogP contribution in [-0.4, -0.2) is 26.8 Å². The zero-order valence-electron chi connectivity index (χ0n) is 11.0. The van der Waals surface area contributed by atoms with Crippen LogP contribution >= 0.6 is 11.6 Å². The first-order valence-electron chi connectivity index (χ1n) is 6.42. The summed E-state index contributed by atoms with van der Waals surface area (Å²) in [5.74, 6) is 1.60. The molecule has 2 rings (SSSR count). The predicted molar refractivity (Wildman–Crippen MR) is 73.9 cm³/mol. The summed E-state index contributed by atoms with van der Waals surface area (Å²) in [7, 11) is 3.59. The van der Waals surface area contributed by atoms with E-state index in [0.29, 0.717) is 11.1 Å². The third-order valence-electron chi connectivity index (χ3n) is 3.30. The Hall–Kier alpha value is -0.930. The lowest BCUT2D eigenvalue weighted by molar-refractivity contribution is 0.115. The van der Waals surface area contributed by atoms with E-state index in [1.165, 1.54) is 6.42 Å². The molecule has 0 unspecified atom stereocenters. The second-order valence-electron chi connectivity index (χ2n) is 4.62. The van der Waals surface area contributed by atoms with Crippen molar-refractivity contribution >= 4 is 11.6 Å². The average Bonchev–Trinajstić information content (AvgIpc) is 2.31. The second kappa shape index (κ2) is 6.30. The molecule has 0 aliphatic heterocycles. The van der Waals surface area contributed by atoms with Gasteiger partial charge in [-0.3, -0.25) is 0 Å². The maximum atomic E-state index is 6.11. The van der Waals surface area contributed by atoms with Crippen LogP contribution in [0.15, 0.2) is 12.1 Å². The third kappa shape index (κ3) is 3.09. The Labute approximate surface area is 113 Å². The largest absolute Gasteiger partial charge is 0.493 e. The zero-order valence-corrected chi connectivity index (χ0v) is 11.7. The molecular weight excluding hydrogens is 250 g/mol. The Morgan fingerprint density at radius 1 is 1.39 bits per heavy atom. The first-order valence-corrected chi connectivity index (χ1v) is 6.80. The minimum atomic E-state index is 0.341. The van der Waals surface area contributed by atoms with Gasteiger partial charge in [0.15, 0.2) is 11.5 Å². The summed E-state index contributed by atoms with van der Waals surface area (Å²) < 4.78 is 11.4. The van der Waals surface area contributed by atoms with Crippen LogP contribution < -0.4 is 14.8 Å². The standard InChI is InChI=1S/C14H20ClNO2/c1-16-7-6-10-8-11(15)9-13(17-2)14(10)18-12-4-3-5-12/h8-9,12,16H,3-7H2,1-2H3. The average molecular weight is 270 g/mol. The fourth-order valence-electron chi connectivity index (χ4n) is 2.01. The highest BCUT2D eigenvalue weighted by Crippen LogP contribution is 2.38. The number of likely N-dealkylation sites (N-methyl/N-ethyl adjacent to an activating group) is 1. The van der Waals surface area contributed by atoms with Crippen molar-refractivity contribution in [2.45, 2.75) is 31.8 Å². The number of ether oxygens (including phenoxy) is 2. The van der Waals surface area contributed by atoms with E-state index in [9.17, 15) is 0 Å². The van der Waals surface area contributed by atoms with Crippen molar-refractivity contribution in [3.63, 3.8) is 0 Å². The van der Waals surface area contributed by atoms with Gasteiger partial charge < -0.3 is 14.8 Å². The smallest absolute Gasteiger partial charge is 0.164 e. The Kier molecular flexibility index (Phi) is 4.72. The van der Waals surface area contributed by atoms with Crippen LogP contribution in [0.3, 0.4) is 0 Å². The Bertz CT molecular complexity index is 405. The Morgan fingerprint density at radius 2 is 2.17 bits per heavy atom.